The van der Waals surface area contributed by atoms with E-state index >= 15 is 0 Å². The molecule has 0 radical (unpaired) electrons. The summed E-state index contributed by atoms with van der Waals surface area (Å²) in [4.78, 5) is 11.5. The van der Waals surface area contributed by atoms with Crippen molar-refractivity contribution >= 4 is 22.7 Å². The average molecular weight is 408 g/mol. The number of benzene rings is 2. The van der Waals surface area contributed by atoms with Gasteiger partial charge in [-0.1, -0.05) is 24.3 Å². The van der Waals surface area contributed by atoms with Crippen LogP contribution in [0.2, 0.25) is 0 Å². The fourth-order valence-corrected chi connectivity index (χ4v) is 4.23. The minimum Gasteiger partial charge on any atom is -0.362 e. The minimum absolute atomic E-state index is 0.172. The van der Waals surface area contributed by atoms with Crippen molar-refractivity contribution in [3.63, 3.8) is 0 Å². The van der Waals surface area contributed by atoms with Gasteiger partial charge in [0.1, 0.15) is 11.6 Å². The number of aromatic nitrogens is 2. The Morgan fingerprint density at radius 1 is 1.00 bits per heavy atom. The standard InChI is InChI=1S/C24H30FN5/c1-30(2)23-21-8-3-4-9-22(21)28-24(29-23)27-20-12-10-17(11-13-20)15-26-16-18-6-5-7-19(25)14-18/h3-9,14,17,20,26H,10-13,15-16H2,1-2H3,(H,27,28,29). The summed E-state index contributed by atoms with van der Waals surface area (Å²) in [5.41, 5.74) is 1.96. The second-order valence-electron chi connectivity index (χ2n) is 8.41. The lowest BCUT2D eigenvalue weighted by atomic mass is 9.86. The molecular formula is C24H30FN5. The molecular weight excluding hydrogens is 377 g/mol. The van der Waals surface area contributed by atoms with E-state index in [-0.39, 0.29) is 5.82 Å². The van der Waals surface area contributed by atoms with Gasteiger partial charge in [0.25, 0.3) is 0 Å². The van der Waals surface area contributed by atoms with Gasteiger partial charge in [-0.15, -0.1) is 0 Å². The van der Waals surface area contributed by atoms with Crippen LogP contribution in [0.1, 0.15) is 31.2 Å². The highest BCUT2D eigenvalue weighted by Gasteiger charge is 2.22. The molecule has 1 aromatic heterocycles. The van der Waals surface area contributed by atoms with Gasteiger partial charge >= 0.3 is 0 Å². The number of anilines is 2. The Labute approximate surface area is 177 Å². The summed E-state index contributed by atoms with van der Waals surface area (Å²) in [6, 6.07) is 15.4. The number of fused-ring (bicyclic) bond motifs is 1. The maximum absolute atomic E-state index is 13.3. The van der Waals surface area contributed by atoms with Gasteiger partial charge in [-0.2, -0.15) is 4.98 Å². The van der Waals surface area contributed by atoms with Crippen LogP contribution in [0.15, 0.2) is 48.5 Å². The van der Waals surface area contributed by atoms with Crippen LogP contribution < -0.4 is 15.5 Å². The van der Waals surface area contributed by atoms with Crippen molar-refractivity contribution in [3.05, 3.63) is 59.9 Å². The summed E-state index contributed by atoms with van der Waals surface area (Å²) < 4.78 is 13.3. The molecule has 30 heavy (non-hydrogen) atoms. The van der Waals surface area contributed by atoms with E-state index in [0.717, 1.165) is 41.7 Å². The number of nitrogens with zero attached hydrogens (tertiary/aromatic N) is 3. The van der Waals surface area contributed by atoms with E-state index < -0.39 is 0 Å². The zero-order valence-electron chi connectivity index (χ0n) is 17.7. The lowest BCUT2D eigenvalue weighted by molar-refractivity contribution is 0.323. The molecule has 1 aliphatic carbocycles. The first kappa shape index (κ1) is 20.5. The first-order valence-electron chi connectivity index (χ1n) is 10.7. The summed E-state index contributed by atoms with van der Waals surface area (Å²) in [6.45, 7) is 1.69. The topological polar surface area (TPSA) is 53.1 Å². The summed E-state index contributed by atoms with van der Waals surface area (Å²) in [6.07, 6.45) is 4.56. The number of rotatable bonds is 7. The molecule has 0 saturated heterocycles. The van der Waals surface area contributed by atoms with Crippen LogP contribution in [0.5, 0.6) is 0 Å². The number of hydrogen-bond acceptors (Lipinski definition) is 5. The molecule has 0 atom stereocenters. The fourth-order valence-electron chi connectivity index (χ4n) is 4.23. The summed E-state index contributed by atoms with van der Waals surface area (Å²) in [5, 5.41) is 8.12. The number of hydrogen-bond donors (Lipinski definition) is 2. The van der Waals surface area contributed by atoms with E-state index in [2.05, 4.69) is 16.7 Å². The maximum atomic E-state index is 13.3. The molecule has 0 spiro atoms. The molecule has 4 rings (SSSR count). The highest BCUT2D eigenvalue weighted by molar-refractivity contribution is 5.90. The third-order valence-electron chi connectivity index (χ3n) is 5.84. The molecule has 2 aromatic carbocycles. The molecule has 0 unspecified atom stereocenters. The Bertz CT molecular complexity index is 982. The smallest absolute Gasteiger partial charge is 0.225 e. The molecule has 158 valence electrons. The van der Waals surface area contributed by atoms with E-state index in [9.17, 15) is 4.39 Å². The Morgan fingerprint density at radius 3 is 2.57 bits per heavy atom. The van der Waals surface area contributed by atoms with Crippen molar-refractivity contribution in [1.29, 1.82) is 0 Å². The number of nitrogens with one attached hydrogen (secondary N) is 2. The Hall–Kier alpha value is -2.73. The quantitative estimate of drug-likeness (QED) is 0.600. The molecule has 6 heteroatoms. The summed E-state index contributed by atoms with van der Waals surface area (Å²) >= 11 is 0. The Morgan fingerprint density at radius 2 is 1.80 bits per heavy atom. The van der Waals surface area contributed by atoms with Crippen molar-refractivity contribution in [2.45, 2.75) is 38.3 Å². The van der Waals surface area contributed by atoms with Crippen molar-refractivity contribution in [1.82, 2.24) is 15.3 Å². The molecule has 0 aliphatic heterocycles. The van der Waals surface area contributed by atoms with Crippen LogP contribution >= 0.6 is 0 Å². The lowest BCUT2D eigenvalue weighted by Gasteiger charge is -2.29. The van der Waals surface area contributed by atoms with E-state index in [1.54, 1.807) is 12.1 Å². The first-order chi connectivity index (χ1) is 14.6. The van der Waals surface area contributed by atoms with E-state index in [0.29, 0.717) is 24.5 Å². The highest BCUT2D eigenvalue weighted by atomic mass is 19.1. The van der Waals surface area contributed by atoms with Gasteiger partial charge in [0, 0.05) is 32.1 Å². The predicted molar refractivity (Wildman–Crippen MR) is 121 cm³/mol. The number of para-hydroxylation sites is 1. The van der Waals surface area contributed by atoms with E-state index in [4.69, 9.17) is 9.97 Å². The van der Waals surface area contributed by atoms with Crippen LogP contribution in [-0.2, 0) is 6.54 Å². The predicted octanol–water partition coefficient (Wildman–Crippen LogP) is 4.60. The van der Waals surface area contributed by atoms with Crippen LogP contribution in [0.3, 0.4) is 0 Å². The SMILES string of the molecule is CN(C)c1nc(NC2CCC(CNCc3cccc(F)c3)CC2)nc2ccccc12. The normalized spacial score (nSPS) is 19.0. The lowest BCUT2D eigenvalue weighted by Crippen LogP contribution is -2.31. The fraction of sp³-hybridized carbons (Fsp3) is 0.417. The van der Waals surface area contributed by atoms with Gasteiger partial charge in [0.05, 0.1) is 5.52 Å². The zero-order chi connectivity index (χ0) is 20.9. The van der Waals surface area contributed by atoms with Crippen LogP contribution in [-0.4, -0.2) is 36.6 Å². The van der Waals surface area contributed by atoms with E-state index in [1.807, 2.05) is 43.3 Å². The molecule has 1 fully saturated rings. The molecule has 5 nitrogen and oxygen atoms in total. The van der Waals surface area contributed by atoms with Gasteiger partial charge in [0.15, 0.2) is 0 Å². The van der Waals surface area contributed by atoms with Crippen molar-refractivity contribution < 1.29 is 4.39 Å². The molecule has 1 saturated carbocycles. The van der Waals surface area contributed by atoms with Gasteiger partial charge in [0.2, 0.25) is 5.95 Å². The first-order valence-corrected chi connectivity index (χ1v) is 10.7. The summed E-state index contributed by atoms with van der Waals surface area (Å²) in [7, 11) is 4.03. The van der Waals surface area contributed by atoms with E-state index in [1.165, 1.54) is 18.9 Å². The number of halogens is 1. The van der Waals surface area contributed by atoms with Crippen LogP contribution in [0, 0.1) is 11.7 Å². The van der Waals surface area contributed by atoms with Gasteiger partial charge in [-0.05, 0) is 68.0 Å². The molecule has 1 aliphatic rings. The second kappa shape index (κ2) is 9.39. The van der Waals surface area contributed by atoms with Crippen LogP contribution in [0.4, 0.5) is 16.2 Å². The van der Waals surface area contributed by atoms with Crippen molar-refractivity contribution in [3.8, 4) is 0 Å². The highest BCUT2D eigenvalue weighted by Crippen LogP contribution is 2.28. The third-order valence-corrected chi connectivity index (χ3v) is 5.84. The van der Waals surface area contributed by atoms with Gasteiger partial charge < -0.3 is 15.5 Å². The largest absolute Gasteiger partial charge is 0.362 e. The molecule has 2 N–H and O–H groups in total. The van der Waals surface area contributed by atoms with Crippen molar-refractivity contribution in [2.75, 3.05) is 30.9 Å². The van der Waals surface area contributed by atoms with Gasteiger partial charge in [-0.3, -0.25) is 0 Å². The third kappa shape index (κ3) is 5.05. The second-order valence-corrected chi connectivity index (χ2v) is 8.41. The molecule has 0 amide bonds. The summed E-state index contributed by atoms with van der Waals surface area (Å²) in [5.74, 6) is 2.14. The minimum atomic E-state index is -0.172. The Balaban J connectivity index is 1.29. The molecule has 0 bridgehead atoms. The molecule has 3 aromatic rings. The van der Waals surface area contributed by atoms with Crippen molar-refractivity contribution in [2.24, 2.45) is 5.92 Å². The monoisotopic (exact) mass is 407 g/mol. The van der Waals surface area contributed by atoms with Crippen LogP contribution in [0.25, 0.3) is 10.9 Å². The zero-order valence-corrected chi connectivity index (χ0v) is 17.7. The van der Waals surface area contributed by atoms with Gasteiger partial charge in [-0.25, -0.2) is 9.37 Å². The molecule has 1 heterocycles. The Kier molecular flexibility index (Phi) is 6.43. The maximum Gasteiger partial charge on any atom is 0.225 e. The average Bonchev–Trinajstić information content (AvgIpc) is 2.74.